The van der Waals surface area contributed by atoms with Crippen LogP contribution in [0.3, 0.4) is 0 Å². The van der Waals surface area contributed by atoms with E-state index in [9.17, 15) is 9.18 Å². The van der Waals surface area contributed by atoms with E-state index < -0.39 is 11.7 Å². The largest absolute Gasteiger partial charge is 0.496 e. The van der Waals surface area contributed by atoms with Gasteiger partial charge in [-0.1, -0.05) is 18.2 Å². The molecule has 0 radical (unpaired) electrons. The number of rotatable bonds is 4. The maximum atomic E-state index is 13.7. The maximum Gasteiger partial charge on any atom is 0.256 e. The maximum absolute atomic E-state index is 13.7. The number of para-hydroxylation sites is 1. The molecule has 0 unspecified atom stereocenters. The molecular weight excluding hydrogens is 271 g/mol. The van der Waals surface area contributed by atoms with Gasteiger partial charge in [-0.05, 0) is 24.3 Å². The number of nitrogen functional groups attached to an aromatic ring is 1. The number of nitrogens with two attached hydrogens (primary N) is 1. The molecule has 0 spiro atoms. The number of carbonyl (C=O) groups excluding carboxylic acids is 1. The van der Waals surface area contributed by atoms with Crippen LogP contribution in [0.4, 0.5) is 10.1 Å². The second-order valence-corrected chi connectivity index (χ2v) is 4.71. The molecule has 0 aliphatic heterocycles. The molecule has 0 fully saturated rings. The highest BCUT2D eigenvalue weighted by Crippen LogP contribution is 2.20. The van der Waals surface area contributed by atoms with Gasteiger partial charge in [-0.3, -0.25) is 4.79 Å². The highest BCUT2D eigenvalue weighted by atomic mass is 19.1. The van der Waals surface area contributed by atoms with Crippen LogP contribution in [0.25, 0.3) is 0 Å². The second kappa shape index (κ2) is 6.26. The predicted molar refractivity (Wildman–Crippen MR) is 79.6 cm³/mol. The van der Waals surface area contributed by atoms with Crippen molar-refractivity contribution in [3.05, 3.63) is 59.4 Å². The third-order valence-electron chi connectivity index (χ3n) is 3.17. The van der Waals surface area contributed by atoms with Crippen molar-refractivity contribution >= 4 is 11.6 Å². The van der Waals surface area contributed by atoms with E-state index in [4.69, 9.17) is 10.5 Å². The van der Waals surface area contributed by atoms with Crippen LogP contribution in [-0.4, -0.2) is 25.0 Å². The lowest BCUT2D eigenvalue weighted by atomic mass is 10.1. The Kier molecular flexibility index (Phi) is 4.42. The van der Waals surface area contributed by atoms with Gasteiger partial charge < -0.3 is 15.4 Å². The first-order valence-corrected chi connectivity index (χ1v) is 6.45. The number of ether oxygens (including phenoxy) is 1. The van der Waals surface area contributed by atoms with Gasteiger partial charge in [0.05, 0.1) is 12.7 Å². The molecule has 2 aromatic carbocycles. The number of benzene rings is 2. The first-order valence-electron chi connectivity index (χ1n) is 6.45. The van der Waals surface area contributed by atoms with Crippen molar-refractivity contribution in [3.8, 4) is 5.75 Å². The third kappa shape index (κ3) is 3.31. The summed E-state index contributed by atoms with van der Waals surface area (Å²) in [5.74, 6) is -0.322. The van der Waals surface area contributed by atoms with Crippen molar-refractivity contribution in [2.24, 2.45) is 0 Å². The topological polar surface area (TPSA) is 55.6 Å². The molecule has 4 nitrogen and oxygen atoms in total. The zero-order valence-corrected chi connectivity index (χ0v) is 12.0. The molecule has 0 bridgehead atoms. The van der Waals surface area contributed by atoms with E-state index in [0.29, 0.717) is 18.0 Å². The molecule has 0 atom stereocenters. The molecule has 0 saturated heterocycles. The van der Waals surface area contributed by atoms with E-state index in [1.807, 2.05) is 24.3 Å². The van der Waals surface area contributed by atoms with Gasteiger partial charge in [-0.15, -0.1) is 0 Å². The van der Waals surface area contributed by atoms with E-state index in [-0.39, 0.29) is 5.56 Å². The van der Waals surface area contributed by atoms with Crippen molar-refractivity contribution in [1.29, 1.82) is 0 Å². The number of carbonyl (C=O) groups is 1. The summed E-state index contributed by atoms with van der Waals surface area (Å²) in [7, 11) is 3.18. The van der Waals surface area contributed by atoms with Gasteiger partial charge in [0, 0.05) is 24.8 Å². The Hall–Kier alpha value is -2.56. The second-order valence-electron chi connectivity index (χ2n) is 4.71. The Labute approximate surface area is 122 Å². The highest BCUT2D eigenvalue weighted by Gasteiger charge is 2.17. The van der Waals surface area contributed by atoms with E-state index in [0.717, 1.165) is 5.56 Å². The van der Waals surface area contributed by atoms with Crippen LogP contribution in [0, 0.1) is 5.82 Å². The van der Waals surface area contributed by atoms with Gasteiger partial charge in [0.1, 0.15) is 11.6 Å². The zero-order chi connectivity index (χ0) is 15.4. The Morgan fingerprint density at radius 1 is 1.29 bits per heavy atom. The molecule has 110 valence electrons. The van der Waals surface area contributed by atoms with Crippen molar-refractivity contribution in [2.45, 2.75) is 6.54 Å². The molecule has 0 aromatic heterocycles. The minimum Gasteiger partial charge on any atom is -0.496 e. The summed E-state index contributed by atoms with van der Waals surface area (Å²) in [5, 5.41) is 0. The van der Waals surface area contributed by atoms with Crippen LogP contribution < -0.4 is 10.5 Å². The average molecular weight is 288 g/mol. The number of amides is 1. The highest BCUT2D eigenvalue weighted by molar-refractivity contribution is 5.95. The molecule has 2 rings (SSSR count). The summed E-state index contributed by atoms with van der Waals surface area (Å²) in [6, 6.07) is 11.3. The lowest BCUT2D eigenvalue weighted by Crippen LogP contribution is -2.27. The molecule has 1 amide bonds. The third-order valence-corrected chi connectivity index (χ3v) is 3.17. The Balaban J connectivity index is 2.22. The first-order chi connectivity index (χ1) is 10.0. The Morgan fingerprint density at radius 3 is 2.71 bits per heavy atom. The molecule has 5 heteroatoms. The summed E-state index contributed by atoms with van der Waals surface area (Å²) in [4.78, 5) is 13.7. The average Bonchev–Trinajstić information content (AvgIpc) is 2.49. The fourth-order valence-electron chi connectivity index (χ4n) is 2.07. The van der Waals surface area contributed by atoms with Crippen molar-refractivity contribution in [1.82, 2.24) is 4.90 Å². The summed E-state index contributed by atoms with van der Waals surface area (Å²) in [5.41, 5.74) is 6.77. The number of halogens is 1. The van der Waals surface area contributed by atoms with E-state index in [1.54, 1.807) is 14.2 Å². The number of hydrogen-bond acceptors (Lipinski definition) is 3. The van der Waals surface area contributed by atoms with Crippen molar-refractivity contribution in [3.63, 3.8) is 0 Å². The van der Waals surface area contributed by atoms with Gasteiger partial charge in [-0.2, -0.15) is 0 Å². The minimum absolute atomic E-state index is 0.0348. The number of hydrogen-bond donors (Lipinski definition) is 1. The predicted octanol–water partition coefficient (Wildman–Crippen LogP) is 2.69. The van der Waals surface area contributed by atoms with Crippen LogP contribution in [0.5, 0.6) is 5.75 Å². The monoisotopic (exact) mass is 288 g/mol. The quantitative estimate of drug-likeness (QED) is 0.880. The van der Waals surface area contributed by atoms with Gasteiger partial charge in [0.15, 0.2) is 0 Å². The van der Waals surface area contributed by atoms with Gasteiger partial charge in [-0.25, -0.2) is 4.39 Å². The number of anilines is 1. The lowest BCUT2D eigenvalue weighted by Gasteiger charge is -2.19. The fourth-order valence-corrected chi connectivity index (χ4v) is 2.07. The van der Waals surface area contributed by atoms with Crippen LogP contribution >= 0.6 is 0 Å². The van der Waals surface area contributed by atoms with Gasteiger partial charge in [0.2, 0.25) is 0 Å². The lowest BCUT2D eigenvalue weighted by molar-refractivity contribution is 0.0779. The van der Waals surface area contributed by atoms with Crippen LogP contribution in [0.2, 0.25) is 0 Å². The first kappa shape index (κ1) is 14.8. The molecule has 2 N–H and O–H groups in total. The summed E-state index contributed by atoms with van der Waals surface area (Å²) < 4.78 is 19.0. The summed E-state index contributed by atoms with van der Waals surface area (Å²) >= 11 is 0. The van der Waals surface area contributed by atoms with E-state index in [1.165, 1.54) is 23.1 Å². The molecule has 2 aromatic rings. The smallest absolute Gasteiger partial charge is 0.256 e. The molecule has 0 saturated carbocycles. The van der Waals surface area contributed by atoms with Crippen LogP contribution in [0.1, 0.15) is 15.9 Å². The summed E-state index contributed by atoms with van der Waals surface area (Å²) in [6.45, 7) is 0.317. The van der Waals surface area contributed by atoms with Gasteiger partial charge >= 0.3 is 0 Å². The van der Waals surface area contributed by atoms with Crippen molar-refractivity contribution in [2.75, 3.05) is 19.9 Å². The van der Waals surface area contributed by atoms with E-state index >= 15 is 0 Å². The fraction of sp³-hybridized carbons (Fsp3) is 0.188. The minimum atomic E-state index is -0.582. The molecule has 0 heterocycles. The SMILES string of the molecule is COc1ccccc1CN(C)C(=O)c1cc(N)ccc1F. The normalized spacial score (nSPS) is 10.2. The Morgan fingerprint density at radius 2 is 2.00 bits per heavy atom. The van der Waals surface area contributed by atoms with Crippen molar-refractivity contribution < 1.29 is 13.9 Å². The van der Waals surface area contributed by atoms with E-state index in [2.05, 4.69) is 0 Å². The summed E-state index contributed by atoms with van der Waals surface area (Å²) in [6.07, 6.45) is 0. The molecular formula is C16H17FN2O2. The number of nitrogens with zero attached hydrogens (tertiary/aromatic N) is 1. The molecule has 0 aliphatic rings. The standard InChI is InChI=1S/C16H17FN2O2/c1-19(10-11-5-3-4-6-15(11)21-2)16(20)13-9-12(18)7-8-14(13)17/h3-9H,10,18H2,1-2H3. The van der Waals surface area contributed by atoms with Crippen LogP contribution in [0.15, 0.2) is 42.5 Å². The van der Waals surface area contributed by atoms with Crippen LogP contribution in [-0.2, 0) is 6.54 Å². The number of methoxy groups -OCH3 is 1. The molecule has 0 aliphatic carbocycles. The molecule has 21 heavy (non-hydrogen) atoms. The van der Waals surface area contributed by atoms with Gasteiger partial charge in [0.25, 0.3) is 5.91 Å². The Bertz CT molecular complexity index is 658. The zero-order valence-electron chi connectivity index (χ0n) is 12.0.